The van der Waals surface area contributed by atoms with Crippen molar-refractivity contribution in [2.45, 2.75) is 19.3 Å². The first-order valence-electron chi connectivity index (χ1n) is 10.2. The molecule has 3 aromatic rings. The van der Waals surface area contributed by atoms with Gasteiger partial charge in [0.15, 0.2) is 5.78 Å². The molecule has 0 aliphatic carbocycles. The molecule has 7 heteroatoms. The Morgan fingerprint density at radius 3 is 2.39 bits per heavy atom. The third-order valence-electron chi connectivity index (χ3n) is 5.57. The van der Waals surface area contributed by atoms with Crippen LogP contribution in [0.5, 0.6) is 0 Å². The van der Waals surface area contributed by atoms with E-state index in [1.807, 2.05) is 24.3 Å². The van der Waals surface area contributed by atoms with Crippen LogP contribution in [0.3, 0.4) is 0 Å². The number of hydrogen-bond acceptors (Lipinski definition) is 5. The van der Waals surface area contributed by atoms with E-state index in [4.69, 9.17) is 11.6 Å². The van der Waals surface area contributed by atoms with Crippen LogP contribution in [0, 0.1) is 5.92 Å². The quantitative estimate of drug-likeness (QED) is 0.573. The first-order chi connectivity index (χ1) is 15.0. The van der Waals surface area contributed by atoms with Gasteiger partial charge in [0.25, 0.3) is 0 Å². The largest absolute Gasteiger partial charge is 0.481 e. The minimum atomic E-state index is -0.965. The number of hydrogen-bond donors (Lipinski definition) is 1. The predicted molar refractivity (Wildman–Crippen MR) is 120 cm³/mol. The van der Waals surface area contributed by atoms with Gasteiger partial charge in [0.2, 0.25) is 5.95 Å². The summed E-state index contributed by atoms with van der Waals surface area (Å²) in [5.41, 5.74) is 2.74. The number of carboxylic acid groups (broad SMARTS) is 1. The summed E-state index contributed by atoms with van der Waals surface area (Å²) in [5, 5.41) is 10.0. The van der Waals surface area contributed by atoms with Crippen LogP contribution < -0.4 is 4.90 Å². The summed E-state index contributed by atoms with van der Waals surface area (Å²) < 4.78 is 0. The van der Waals surface area contributed by atoms with Crippen LogP contribution in [0.15, 0.2) is 60.9 Å². The molecule has 158 valence electrons. The number of nitrogens with zero attached hydrogens (tertiary/aromatic N) is 3. The molecule has 0 unspecified atom stereocenters. The van der Waals surface area contributed by atoms with Gasteiger partial charge in [0.1, 0.15) is 0 Å². The second-order valence-corrected chi connectivity index (χ2v) is 8.06. The minimum absolute atomic E-state index is 0.00234. The number of carboxylic acids is 1. The molecule has 0 spiro atoms. The Labute approximate surface area is 185 Å². The number of rotatable bonds is 6. The van der Waals surface area contributed by atoms with Crippen molar-refractivity contribution < 1.29 is 14.7 Å². The fourth-order valence-electron chi connectivity index (χ4n) is 4.01. The van der Waals surface area contributed by atoms with Gasteiger partial charge in [-0.25, -0.2) is 9.97 Å². The molecule has 2 aromatic carbocycles. The van der Waals surface area contributed by atoms with Crippen LogP contribution >= 0.6 is 11.6 Å². The molecule has 1 saturated heterocycles. The van der Waals surface area contributed by atoms with Crippen LogP contribution in [0.1, 0.15) is 28.8 Å². The molecule has 1 aromatic heterocycles. The highest BCUT2D eigenvalue weighted by Gasteiger charge is 2.28. The third kappa shape index (κ3) is 4.91. The van der Waals surface area contributed by atoms with E-state index in [0.29, 0.717) is 48.0 Å². The highest BCUT2D eigenvalue weighted by atomic mass is 35.5. The Bertz CT molecular complexity index is 1100. The summed E-state index contributed by atoms with van der Waals surface area (Å²) in [6.45, 7) is 1.38. The number of halogens is 1. The van der Waals surface area contributed by atoms with Gasteiger partial charge in [0.05, 0.1) is 6.42 Å². The smallest absolute Gasteiger partial charge is 0.307 e. The summed E-state index contributed by atoms with van der Waals surface area (Å²) in [6.07, 6.45) is 4.57. The molecule has 0 bridgehead atoms. The van der Waals surface area contributed by atoms with Crippen LogP contribution in [-0.2, 0) is 11.2 Å². The van der Waals surface area contributed by atoms with Crippen LogP contribution in [-0.4, -0.2) is 39.9 Å². The summed E-state index contributed by atoms with van der Waals surface area (Å²) in [7, 11) is 0. The van der Waals surface area contributed by atoms with E-state index in [0.717, 1.165) is 11.1 Å². The molecule has 0 atom stereocenters. The molecule has 1 N–H and O–H groups in total. The summed E-state index contributed by atoms with van der Waals surface area (Å²) in [6, 6.07) is 14.5. The topological polar surface area (TPSA) is 83.4 Å². The lowest BCUT2D eigenvalue weighted by molar-refractivity contribution is -0.136. The van der Waals surface area contributed by atoms with E-state index < -0.39 is 5.97 Å². The SMILES string of the molecule is O=C(O)Cc1cc(-c2cccc(Cl)c2)ccc1C(=O)C1CCN(c2ncccn2)CC1. The lowest BCUT2D eigenvalue weighted by Crippen LogP contribution is -2.37. The molecular formula is C24H22ClN3O3. The maximum Gasteiger partial charge on any atom is 0.307 e. The Balaban J connectivity index is 1.55. The van der Waals surface area contributed by atoms with E-state index in [-0.39, 0.29) is 18.1 Å². The average Bonchev–Trinajstić information content (AvgIpc) is 2.79. The molecule has 1 fully saturated rings. The lowest BCUT2D eigenvalue weighted by atomic mass is 9.85. The first kappa shape index (κ1) is 21.0. The lowest BCUT2D eigenvalue weighted by Gasteiger charge is -2.31. The van der Waals surface area contributed by atoms with Crippen molar-refractivity contribution in [3.05, 3.63) is 77.1 Å². The van der Waals surface area contributed by atoms with Crippen LogP contribution in [0.2, 0.25) is 5.02 Å². The van der Waals surface area contributed by atoms with Crippen molar-refractivity contribution in [1.29, 1.82) is 0 Å². The monoisotopic (exact) mass is 435 g/mol. The van der Waals surface area contributed by atoms with Gasteiger partial charge in [-0.3, -0.25) is 9.59 Å². The Morgan fingerprint density at radius 2 is 1.71 bits per heavy atom. The van der Waals surface area contributed by atoms with Gasteiger partial charge < -0.3 is 10.0 Å². The molecule has 4 rings (SSSR count). The summed E-state index contributed by atoms with van der Waals surface area (Å²) in [4.78, 5) is 35.4. The Kier molecular flexibility index (Phi) is 6.28. The zero-order chi connectivity index (χ0) is 21.8. The Morgan fingerprint density at radius 1 is 1.00 bits per heavy atom. The van der Waals surface area contributed by atoms with E-state index >= 15 is 0 Å². The van der Waals surface area contributed by atoms with Crippen molar-refractivity contribution in [3.8, 4) is 11.1 Å². The Hall–Kier alpha value is -3.25. The van der Waals surface area contributed by atoms with Gasteiger partial charge in [0, 0.05) is 42.0 Å². The number of carbonyl (C=O) groups is 2. The summed E-state index contributed by atoms with van der Waals surface area (Å²) >= 11 is 6.10. The maximum absolute atomic E-state index is 13.3. The molecule has 0 radical (unpaired) electrons. The fraction of sp³-hybridized carbons (Fsp3) is 0.250. The molecule has 0 amide bonds. The average molecular weight is 436 g/mol. The number of carbonyl (C=O) groups excluding carboxylic acids is 1. The third-order valence-corrected chi connectivity index (χ3v) is 5.81. The molecule has 0 saturated carbocycles. The van der Waals surface area contributed by atoms with Gasteiger partial charge in [-0.05, 0) is 53.8 Å². The number of piperidine rings is 1. The zero-order valence-electron chi connectivity index (χ0n) is 16.9. The van der Waals surface area contributed by atoms with Crippen LogP contribution in [0.4, 0.5) is 5.95 Å². The first-order valence-corrected chi connectivity index (χ1v) is 10.6. The van der Waals surface area contributed by atoms with Crippen molar-refractivity contribution in [3.63, 3.8) is 0 Å². The van der Waals surface area contributed by atoms with Gasteiger partial charge >= 0.3 is 5.97 Å². The standard InChI is InChI=1S/C24H22ClN3O3/c25-20-4-1-3-17(14-20)18-5-6-21(19(13-18)15-22(29)30)23(31)16-7-11-28(12-8-16)24-26-9-2-10-27-24/h1-6,9-10,13-14,16H,7-8,11-12,15H2,(H,29,30). The highest BCUT2D eigenvalue weighted by Crippen LogP contribution is 2.29. The summed E-state index contributed by atoms with van der Waals surface area (Å²) in [5.74, 6) is -0.439. The maximum atomic E-state index is 13.3. The molecular weight excluding hydrogens is 414 g/mol. The van der Waals surface area contributed by atoms with Crippen molar-refractivity contribution >= 4 is 29.3 Å². The second-order valence-electron chi connectivity index (χ2n) is 7.63. The van der Waals surface area contributed by atoms with Crippen LogP contribution in [0.25, 0.3) is 11.1 Å². The number of aromatic nitrogens is 2. The minimum Gasteiger partial charge on any atom is -0.481 e. The predicted octanol–water partition coefficient (Wildman–Crippen LogP) is 4.52. The molecule has 1 aliphatic rings. The molecule has 1 aliphatic heterocycles. The normalized spacial score (nSPS) is 14.4. The second kappa shape index (κ2) is 9.27. The number of benzene rings is 2. The molecule has 2 heterocycles. The van der Waals surface area contributed by atoms with Gasteiger partial charge in [-0.15, -0.1) is 0 Å². The van der Waals surface area contributed by atoms with Crippen molar-refractivity contribution in [2.24, 2.45) is 5.92 Å². The van der Waals surface area contributed by atoms with Gasteiger partial charge in [-0.2, -0.15) is 0 Å². The van der Waals surface area contributed by atoms with E-state index in [2.05, 4.69) is 14.9 Å². The van der Waals surface area contributed by atoms with E-state index in [1.54, 1.807) is 36.7 Å². The van der Waals surface area contributed by atoms with E-state index in [1.165, 1.54) is 0 Å². The number of Topliss-reactive ketones (excluding diaryl/α,β-unsaturated/α-hetero) is 1. The van der Waals surface area contributed by atoms with Gasteiger partial charge in [-0.1, -0.05) is 35.9 Å². The number of anilines is 1. The van der Waals surface area contributed by atoms with E-state index in [9.17, 15) is 14.7 Å². The number of ketones is 1. The van der Waals surface area contributed by atoms with Crippen molar-refractivity contribution in [2.75, 3.05) is 18.0 Å². The van der Waals surface area contributed by atoms with Crippen molar-refractivity contribution in [1.82, 2.24) is 9.97 Å². The number of aliphatic carboxylic acids is 1. The fourth-order valence-corrected chi connectivity index (χ4v) is 4.20. The molecule has 6 nitrogen and oxygen atoms in total. The molecule has 31 heavy (non-hydrogen) atoms. The highest BCUT2D eigenvalue weighted by molar-refractivity contribution is 6.30. The zero-order valence-corrected chi connectivity index (χ0v) is 17.6.